The van der Waals surface area contributed by atoms with E-state index in [0.717, 1.165) is 6.54 Å². The Bertz CT molecular complexity index is 236. The quantitative estimate of drug-likeness (QED) is 0.651. The lowest BCUT2D eigenvalue weighted by Crippen LogP contribution is -2.43. The van der Waals surface area contributed by atoms with E-state index in [0.29, 0.717) is 19.2 Å². The third kappa shape index (κ3) is 5.48. The predicted octanol–water partition coefficient (Wildman–Crippen LogP) is -0.179. The molecule has 100 valence electrons. The first-order chi connectivity index (χ1) is 8.13. The van der Waals surface area contributed by atoms with E-state index in [4.69, 9.17) is 4.74 Å². The van der Waals surface area contributed by atoms with Crippen LogP contribution in [-0.2, 0) is 9.53 Å². The van der Waals surface area contributed by atoms with Gasteiger partial charge in [0.25, 0.3) is 0 Å². The fourth-order valence-electron chi connectivity index (χ4n) is 2.21. The summed E-state index contributed by atoms with van der Waals surface area (Å²) in [5, 5.41) is 6.09. The molecule has 17 heavy (non-hydrogen) atoms. The molecule has 2 unspecified atom stereocenters. The zero-order valence-corrected chi connectivity index (χ0v) is 11.2. The summed E-state index contributed by atoms with van der Waals surface area (Å²) in [6.45, 7) is 4.94. The Kier molecular flexibility index (Phi) is 6.47. The van der Waals surface area contributed by atoms with Crippen LogP contribution in [-0.4, -0.2) is 63.3 Å². The maximum Gasteiger partial charge on any atom is 0.234 e. The molecule has 1 heterocycles. The average Bonchev–Trinajstić information content (AvgIpc) is 2.64. The number of ether oxygens (including phenoxy) is 1. The van der Waals surface area contributed by atoms with E-state index < -0.39 is 0 Å². The summed E-state index contributed by atoms with van der Waals surface area (Å²) in [5.74, 6) is 0.0372. The Morgan fingerprint density at radius 1 is 1.59 bits per heavy atom. The van der Waals surface area contributed by atoms with Gasteiger partial charge in [0.15, 0.2) is 0 Å². The van der Waals surface area contributed by atoms with Gasteiger partial charge in [0.05, 0.1) is 13.2 Å². The minimum Gasteiger partial charge on any atom is -0.383 e. The van der Waals surface area contributed by atoms with Gasteiger partial charge in [0, 0.05) is 25.7 Å². The molecule has 0 saturated carbocycles. The van der Waals surface area contributed by atoms with Crippen LogP contribution in [0, 0.1) is 0 Å². The fourth-order valence-corrected chi connectivity index (χ4v) is 2.21. The van der Waals surface area contributed by atoms with Crippen LogP contribution in [0.2, 0.25) is 0 Å². The Balaban J connectivity index is 2.07. The van der Waals surface area contributed by atoms with E-state index in [-0.39, 0.29) is 11.9 Å². The molecule has 0 aromatic carbocycles. The minimum absolute atomic E-state index is 0.0372. The van der Waals surface area contributed by atoms with Crippen molar-refractivity contribution in [1.29, 1.82) is 0 Å². The molecule has 0 radical (unpaired) electrons. The van der Waals surface area contributed by atoms with Gasteiger partial charge in [0.2, 0.25) is 5.91 Å². The number of carbonyl (C=O) groups excluding carboxylic acids is 1. The number of nitrogens with zero attached hydrogens (tertiary/aromatic N) is 1. The lowest BCUT2D eigenvalue weighted by Gasteiger charge is -2.20. The van der Waals surface area contributed by atoms with Crippen molar-refractivity contribution < 1.29 is 9.53 Å². The highest BCUT2D eigenvalue weighted by molar-refractivity contribution is 5.78. The van der Waals surface area contributed by atoms with Gasteiger partial charge < -0.3 is 20.3 Å². The highest BCUT2D eigenvalue weighted by Gasteiger charge is 2.20. The smallest absolute Gasteiger partial charge is 0.234 e. The number of likely N-dealkylation sites (N-methyl/N-ethyl adjacent to an activating group) is 1. The highest BCUT2D eigenvalue weighted by atomic mass is 16.5. The Morgan fingerprint density at radius 3 is 2.94 bits per heavy atom. The van der Waals surface area contributed by atoms with E-state index in [2.05, 4.69) is 22.6 Å². The molecular formula is C12H25N3O2. The van der Waals surface area contributed by atoms with Crippen LogP contribution < -0.4 is 10.6 Å². The van der Waals surface area contributed by atoms with Crippen molar-refractivity contribution >= 4 is 5.91 Å². The summed E-state index contributed by atoms with van der Waals surface area (Å²) in [7, 11) is 3.77. The maximum atomic E-state index is 11.5. The third-order valence-corrected chi connectivity index (χ3v) is 3.16. The van der Waals surface area contributed by atoms with E-state index in [1.165, 1.54) is 19.4 Å². The summed E-state index contributed by atoms with van der Waals surface area (Å²) in [5.41, 5.74) is 0. The van der Waals surface area contributed by atoms with E-state index in [9.17, 15) is 4.79 Å². The molecule has 0 aliphatic carbocycles. The van der Waals surface area contributed by atoms with E-state index >= 15 is 0 Å². The number of methoxy groups -OCH3 is 1. The minimum atomic E-state index is 0.0372. The molecule has 1 rings (SSSR count). The molecule has 2 N–H and O–H groups in total. The number of amides is 1. The summed E-state index contributed by atoms with van der Waals surface area (Å²) < 4.78 is 4.96. The number of nitrogens with one attached hydrogen (secondary N) is 2. The Hall–Kier alpha value is -0.650. The summed E-state index contributed by atoms with van der Waals surface area (Å²) in [6, 6.07) is 0.655. The van der Waals surface area contributed by atoms with Crippen LogP contribution >= 0.6 is 0 Å². The van der Waals surface area contributed by atoms with Crippen molar-refractivity contribution in [2.75, 3.05) is 40.4 Å². The van der Waals surface area contributed by atoms with Crippen molar-refractivity contribution in [3.63, 3.8) is 0 Å². The first-order valence-corrected chi connectivity index (χ1v) is 6.32. The van der Waals surface area contributed by atoms with Crippen LogP contribution in [0.3, 0.4) is 0 Å². The maximum absolute atomic E-state index is 11.5. The van der Waals surface area contributed by atoms with Crippen LogP contribution in [0.1, 0.15) is 19.8 Å². The van der Waals surface area contributed by atoms with Crippen molar-refractivity contribution in [1.82, 2.24) is 15.5 Å². The number of rotatable bonds is 7. The zero-order chi connectivity index (χ0) is 12.7. The topological polar surface area (TPSA) is 53.6 Å². The third-order valence-electron chi connectivity index (χ3n) is 3.16. The van der Waals surface area contributed by atoms with Crippen LogP contribution in [0.5, 0.6) is 0 Å². The van der Waals surface area contributed by atoms with Crippen LogP contribution in [0.25, 0.3) is 0 Å². The molecule has 5 nitrogen and oxygen atoms in total. The molecule has 0 spiro atoms. The molecule has 0 aromatic rings. The van der Waals surface area contributed by atoms with Crippen molar-refractivity contribution in [2.45, 2.75) is 31.8 Å². The van der Waals surface area contributed by atoms with Gasteiger partial charge in [-0.15, -0.1) is 0 Å². The number of hydrogen-bond donors (Lipinski definition) is 2. The van der Waals surface area contributed by atoms with E-state index in [1.54, 1.807) is 7.11 Å². The van der Waals surface area contributed by atoms with Crippen molar-refractivity contribution in [3.8, 4) is 0 Å². The van der Waals surface area contributed by atoms with Crippen LogP contribution in [0.15, 0.2) is 0 Å². The first kappa shape index (κ1) is 14.4. The van der Waals surface area contributed by atoms with Gasteiger partial charge in [-0.25, -0.2) is 0 Å². The number of carbonyl (C=O) groups is 1. The molecule has 0 bridgehead atoms. The number of hydrogen-bond acceptors (Lipinski definition) is 4. The summed E-state index contributed by atoms with van der Waals surface area (Å²) >= 11 is 0. The van der Waals surface area contributed by atoms with E-state index in [1.807, 2.05) is 6.92 Å². The largest absolute Gasteiger partial charge is 0.383 e. The van der Waals surface area contributed by atoms with Gasteiger partial charge >= 0.3 is 0 Å². The molecule has 1 aliphatic rings. The second kappa shape index (κ2) is 7.63. The second-order valence-electron chi connectivity index (χ2n) is 4.83. The molecule has 5 heteroatoms. The molecule has 1 saturated heterocycles. The summed E-state index contributed by atoms with van der Waals surface area (Å²) in [6.07, 6.45) is 2.49. The van der Waals surface area contributed by atoms with Gasteiger partial charge in [0.1, 0.15) is 0 Å². The highest BCUT2D eigenvalue weighted by Crippen LogP contribution is 2.13. The standard InChI is InChI=1S/C12H25N3O2/c1-10(9-17-3)14-12(16)8-13-7-11-5-4-6-15(11)2/h10-11,13H,4-9H2,1-3H3,(H,14,16). The van der Waals surface area contributed by atoms with Gasteiger partial charge in [-0.3, -0.25) is 4.79 Å². The Labute approximate surface area is 104 Å². The fraction of sp³-hybridized carbons (Fsp3) is 0.917. The molecule has 1 amide bonds. The lowest BCUT2D eigenvalue weighted by molar-refractivity contribution is -0.121. The molecule has 2 atom stereocenters. The second-order valence-corrected chi connectivity index (χ2v) is 4.83. The molecule has 1 aliphatic heterocycles. The zero-order valence-electron chi connectivity index (χ0n) is 11.2. The van der Waals surface area contributed by atoms with Crippen molar-refractivity contribution in [3.05, 3.63) is 0 Å². The molecule has 0 aromatic heterocycles. The summed E-state index contributed by atoms with van der Waals surface area (Å²) in [4.78, 5) is 13.9. The molecule has 1 fully saturated rings. The van der Waals surface area contributed by atoms with Gasteiger partial charge in [-0.05, 0) is 33.4 Å². The average molecular weight is 243 g/mol. The first-order valence-electron chi connectivity index (χ1n) is 6.32. The van der Waals surface area contributed by atoms with Gasteiger partial charge in [-0.2, -0.15) is 0 Å². The monoisotopic (exact) mass is 243 g/mol. The molecular weight excluding hydrogens is 218 g/mol. The van der Waals surface area contributed by atoms with Gasteiger partial charge in [-0.1, -0.05) is 0 Å². The normalized spacial score (nSPS) is 22.6. The van der Waals surface area contributed by atoms with Crippen LogP contribution in [0.4, 0.5) is 0 Å². The lowest BCUT2D eigenvalue weighted by atomic mass is 10.2. The SMILES string of the molecule is COCC(C)NC(=O)CNCC1CCCN1C. The Morgan fingerprint density at radius 2 is 2.35 bits per heavy atom. The number of likely N-dealkylation sites (tertiary alicyclic amines) is 1. The van der Waals surface area contributed by atoms with Crippen molar-refractivity contribution in [2.24, 2.45) is 0 Å². The predicted molar refractivity (Wildman–Crippen MR) is 68.0 cm³/mol.